The first-order chi connectivity index (χ1) is 10.4. The molecule has 0 aliphatic carbocycles. The van der Waals surface area contributed by atoms with Gasteiger partial charge in [0.1, 0.15) is 11.3 Å². The van der Waals surface area contributed by atoms with Gasteiger partial charge in [0, 0.05) is 31.2 Å². The molecule has 0 N–H and O–H groups in total. The van der Waals surface area contributed by atoms with Gasteiger partial charge < -0.3 is 14.2 Å². The van der Waals surface area contributed by atoms with Crippen molar-refractivity contribution < 1.29 is 23.9 Å². The van der Waals surface area contributed by atoms with Crippen LogP contribution >= 0.6 is 0 Å². The van der Waals surface area contributed by atoms with Crippen molar-refractivity contribution in [2.24, 2.45) is 0 Å². The van der Waals surface area contributed by atoms with Crippen molar-refractivity contribution in [2.45, 2.75) is 26.6 Å². The van der Waals surface area contributed by atoms with E-state index in [0.29, 0.717) is 17.9 Å². The van der Waals surface area contributed by atoms with E-state index in [1.54, 1.807) is 20.8 Å². The predicted octanol–water partition coefficient (Wildman–Crippen LogP) is 2.69. The standard InChI is InChI=1S/C15H17NO6/c1-4-20-14(17)12-9-10-8-11(16(18)19)6-7-13(10)22-15(12,3)21-5-2/h6-9H,4-5H2,1-3H3. The smallest absolute Gasteiger partial charge is 0.340 e. The fraction of sp³-hybridized carbons (Fsp3) is 0.400. The lowest BCUT2D eigenvalue weighted by Crippen LogP contribution is -2.43. The number of carbonyl (C=O) groups is 1. The van der Waals surface area contributed by atoms with Crippen molar-refractivity contribution in [2.75, 3.05) is 13.2 Å². The first-order valence-electron chi connectivity index (χ1n) is 6.92. The molecule has 1 aromatic carbocycles. The van der Waals surface area contributed by atoms with Crippen molar-refractivity contribution in [3.63, 3.8) is 0 Å². The van der Waals surface area contributed by atoms with Crippen molar-refractivity contribution in [3.8, 4) is 5.75 Å². The fourth-order valence-electron chi connectivity index (χ4n) is 2.24. The van der Waals surface area contributed by atoms with E-state index in [-0.39, 0.29) is 17.9 Å². The third-order valence-electron chi connectivity index (χ3n) is 3.21. The summed E-state index contributed by atoms with van der Waals surface area (Å²) < 4.78 is 16.3. The topological polar surface area (TPSA) is 87.9 Å². The summed E-state index contributed by atoms with van der Waals surface area (Å²) in [5, 5.41) is 10.9. The zero-order valence-corrected chi connectivity index (χ0v) is 12.6. The average Bonchev–Trinajstić information content (AvgIpc) is 2.46. The summed E-state index contributed by atoms with van der Waals surface area (Å²) in [4.78, 5) is 22.5. The van der Waals surface area contributed by atoms with Crippen LogP contribution in [0, 0.1) is 10.1 Å². The van der Waals surface area contributed by atoms with Gasteiger partial charge in [0.05, 0.1) is 11.5 Å². The molecule has 1 aliphatic heterocycles. The summed E-state index contributed by atoms with van der Waals surface area (Å²) in [6.07, 6.45) is 1.51. The van der Waals surface area contributed by atoms with E-state index in [1.807, 2.05) is 0 Å². The molecule has 0 aromatic heterocycles. The monoisotopic (exact) mass is 307 g/mol. The number of carbonyl (C=O) groups excluding carboxylic acids is 1. The molecule has 0 spiro atoms. The van der Waals surface area contributed by atoms with E-state index in [9.17, 15) is 14.9 Å². The normalized spacial score (nSPS) is 19.7. The van der Waals surface area contributed by atoms with Crippen LogP contribution in [-0.4, -0.2) is 29.9 Å². The molecule has 0 amide bonds. The van der Waals surface area contributed by atoms with Crippen molar-refractivity contribution in [1.82, 2.24) is 0 Å². The molecule has 7 heteroatoms. The Labute approximate surface area is 127 Å². The SMILES string of the molecule is CCOC(=O)C1=Cc2cc([N+](=O)[O-])ccc2OC1(C)OCC. The number of hydrogen-bond donors (Lipinski definition) is 0. The molecule has 0 saturated heterocycles. The summed E-state index contributed by atoms with van der Waals surface area (Å²) in [5.41, 5.74) is 0.528. The molecule has 22 heavy (non-hydrogen) atoms. The number of nitro groups is 1. The van der Waals surface area contributed by atoms with Crippen LogP contribution in [0.3, 0.4) is 0 Å². The maximum atomic E-state index is 12.1. The van der Waals surface area contributed by atoms with Crippen molar-refractivity contribution in [1.29, 1.82) is 0 Å². The van der Waals surface area contributed by atoms with Gasteiger partial charge in [-0.05, 0) is 26.0 Å². The van der Waals surface area contributed by atoms with Gasteiger partial charge in [-0.15, -0.1) is 0 Å². The highest BCUT2D eigenvalue weighted by Gasteiger charge is 2.41. The summed E-state index contributed by atoms with van der Waals surface area (Å²) >= 11 is 0. The molecule has 2 rings (SSSR count). The van der Waals surface area contributed by atoms with Gasteiger partial charge in [0.2, 0.25) is 5.79 Å². The Balaban J connectivity index is 2.51. The number of fused-ring (bicyclic) bond motifs is 1. The van der Waals surface area contributed by atoms with Gasteiger partial charge in [0.25, 0.3) is 5.69 Å². The molecular formula is C15H17NO6. The Morgan fingerprint density at radius 3 is 2.68 bits per heavy atom. The Kier molecular flexibility index (Phi) is 4.46. The number of rotatable bonds is 5. The first-order valence-corrected chi connectivity index (χ1v) is 6.92. The minimum atomic E-state index is -1.29. The third kappa shape index (κ3) is 2.94. The second-order valence-corrected chi connectivity index (χ2v) is 4.74. The zero-order valence-electron chi connectivity index (χ0n) is 12.6. The molecule has 0 radical (unpaired) electrons. The molecular weight excluding hydrogens is 290 g/mol. The average molecular weight is 307 g/mol. The van der Waals surface area contributed by atoms with Gasteiger partial charge in [-0.2, -0.15) is 0 Å². The van der Waals surface area contributed by atoms with Gasteiger partial charge in [-0.1, -0.05) is 0 Å². The molecule has 1 heterocycles. The fourth-order valence-corrected chi connectivity index (χ4v) is 2.24. The first kappa shape index (κ1) is 16.0. The van der Waals surface area contributed by atoms with Crippen LogP contribution in [0.15, 0.2) is 23.8 Å². The molecule has 1 aliphatic rings. The van der Waals surface area contributed by atoms with Crippen LogP contribution < -0.4 is 4.74 Å². The van der Waals surface area contributed by atoms with E-state index >= 15 is 0 Å². The maximum absolute atomic E-state index is 12.1. The van der Waals surface area contributed by atoms with Crippen LogP contribution in [0.5, 0.6) is 5.75 Å². The Bertz CT molecular complexity index is 639. The van der Waals surface area contributed by atoms with Crippen LogP contribution in [0.1, 0.15) is 26.3 Å². The minimum Gasteiger partial charge on any atom is -0.462 e. The van der Waals surface area contributed by atoms with Gasteiger partial charge in [0.15, 0.2) is 0 Å². The molecule has 1 aromatic rings. The van der Waals surface area contributed by atoms with Crippen LogP contribution in [0.4, 0.5) is 5.69 Å². The second-order valence-electron chi connectivity index (χ2n) is 4.74. The number of hydrogen-bond acceptors (Lipinski definition) is 6. The van der Waals surface area contributed by atoms with E-state index in [4.69, 9.17) is 14.2 Å². The number of ether oxygens (including phenoxy) is 3. The summed E-state index contributed by atoms with van der Waals surface area (Å²) in [6.45, 7) is 5.63. The van der Waals surface area contributed by atoms with Crippen LogP contribution in [0.25, 0.3) is 6.08 Å². The molecule has 0 fully saturated rings. The molecule has 0 bridgehead atoms. The zero-order chi connectivity index (χ0) is 16.3. The third-order valence-corrected chi connectivity index (χ3v) is 3.21. The van der Waals surface area contributed by atoms with Crippen LogP contribution in [0.2, 0.25) is 0 Å². The number of nitrogens with zero attached hydrogens (tertiary/aromatic N) is 1. The number of non-ortho nitro benzene ring substituents is 1. The Morgan fingerprint density at radius 2 is 2.09 bits per heavy atom. The van der Waals surface area contributed by atoms with Gasteiger partial charge in [-0.3, -0.25) is 10.1 Å². The molecule has 118 valence electrons. The lowest BCUT2D eigenvalue weighted by atomic mass is 9.99. The number of benzene rings is 1. The van der Waals surface area contributed by atoms with E-state index in [2.05, 4.69) is 0 Å². The lowest BCUT2D eigenvalue weighted by Gasteiger charge is -2.34. The van der Waals surface area contributed by atoms with E-state index < -0.39 is 16.7 Å². The van der Waals surface area contributed by atoms with Crippen molar-refractivity contribution >= 4 is 17.7 Å². The van der Waals surface area contributed by atoms with E-state index in [1.165, 1.54) is 24.3 Å². The maximum Gasteiger partial charge on any atom is 0.340 e. The second kappa shape index (κ2) is 6.15. The molecule has 0 saturated carbocycles. The lowest BCUT2D eigenvalue weighted by molar-refractivity contribution is -0.384. The summed E-state index contributed by atoms with van der Waals surface area (Å²) in [5.74, 6) is -1.45. The van der Waals surface area contributed by atoms with Gasteiger partial charge >= 0.3 is 5.97 Å². The number of esters is 1. The summed E-state index contributed by atoms with van der Waals surface area (Å²) in [6, 6.07) is 4.18. The van der Waals surface area contributed by atoms with Gasteiger partial charge in [-0.25, -0.2) is 4.79 Å². The Morgan fingerprint density at radius 1 is 1.36 bits per heavy atom. The quantitative estimate of drug-likeness (QED) is 0.472. The number of nitro benzene ring substituents is 1. The van der Waals surface area contributed by atoms with Crippen molar-refractivity contribution in [3.05, 3.63) is 39.4 Å². The highest BCUT2D eigenvalue weighted by atomic mass is 16.7. The highest BCUT2D eigenvalue weighted by Crippen LogP contribution is 2.38. The van der Waals surface area contributed by atoms with E-state index in [0.717, 1.165) is 0 Å². The molecule has 7 nitrogen and oxygen atoms in total. The predicted molar refractivity (Wildman–Crippen MR) is 78.4 cm³/mol. The Hall–Kier alpha value is -2.41. The largest absolute Gasteiger partial charge is 0.462 e. The summed E-state index contributed by atoms with van der Waals surface area (Å²) in [7, 11) is 0. The minimum absolute atomic E-state index is 0.0816. The highest BCUT2D eigenvalue weighted by molar-refractivity contribution is 5.97. The molecule has 1 atom stereocenters. The van der Waals surface area contributed by atoms with Crippen LogP contribution in [-0.2, 0) is 14.3 Å². The molecule has 1 unspecified atom stereocenters.